The van der Waals surface area contributed by atoms with Crippen molar-refractivity contribution in [2.75, 3.05) is 19.0 Å². The van der Waals surface area contributed by atoms with E-state index in [-0.39, 0.29) is 5.91 Å². The Morgan fingerprint density at radius 1 is 1.14 bits per heavy atom. The van der Waals surface area contributed by atoms with E-state index in [4.69, 9.17) is 14.5 Å². The Balaban J connectivity index is 1.59. The van der Waals surface area contributed by atoms with Gasteiger partial charge in [-0.05, 0) is 61.9 Å². The summed E-state index contributed by atoms with van der Waals surface area (Å²) in [5, 5.41) is 4.33. The van der Waals surface area contributed by atoms with E-state index >= 15 is 0 Å². The number of nitrogens with zero attached hydrogens (tertiary/aromatic N) is 1. The van der Waals surface area contributed by atoms with E-state index in [1.54, 1.807) is 6.07 Å². The molecule has 184 valence electrons. The molecule has 2 aromatic carbocycles. The molecular weight excluding hydrogens is 472 g/mol. The SMILES string of the molecule is CCOc1ccccc1-c1cc(C(=O)Nc2sc3c(c2C(=O)OC)CCC(C)C3)c2ccccc2n1. The van der Waals surface area contributed by atoms with Crippen LogP contribution in [0.15, 0.2) is 54.6 Å². The molecule has 2 heterocycles. The van der Waals surface area contributed by atoms with E-state index in [0.717, 1.165) is 40.7 Å². The molecule has 6 nitrogen and oxygen atoms in total. The van der Waals surface area contributed by atoms with Gasteiger partial charge < -0.3 is 14.8 Å². The number of thiophene rings is 1. The first kappa shape index (κ1) is 24.0. The number of ether oxygens (including phenoxy) is 2. The lowest BCUT2D eigenvalue weighted by Crippen LogP contribution is -2.16. The van der Waals surface area contributed by atoms with E-state index < -0.39 is 5.97 Å². The predicted molar refractivity (Wildman–Crippen MR) is 143 cm³/mol. The van der Waals surface area contributed by atoms with Crippen LogP contribution in [0.2, 0.25) is 0 Å². The summed E-state index contributed by atoms with van der Waals surface area (Å²) < 4.78 is 10.9. The Labute approximate surface area is 214 Å². The largest absolute Gasteiger partial charge is 0.493 e. The van der Waals surface area contributed by atoms with Gasteiger partial charge in [-0.3, -0.25) is 4.79 Å². The molecule has 2 aromatic heterocycles. The van der Waals surface area contributed by atoms with Gasteiger partial charge in [0.2, 0.25) is 0 Å². The van der Waals surface area contributed by atoms with Crippen LogP contribution in [-0.4, -0.2) is 30.6 Å². The number of nitrogens with one attached hydrogen (secondary N) is 1. The van der Waals surface area contributed by atoms with Crippen LogP contribution in [0.3, 0.4) is 0 Å². The van der Waals surface area contributed by atoms with Gasteiger partial charge in [-0.25, -0.2) is 9.78 Å². The third-order valence-corrected chi connectivity index (χ3v) is 7.72. The Kier molecular flexibility index (Phi) is 6.74. The van der Waals surface area contributed by atoms with Crippen LogP contribution >= 0.6 is 11.3 Å². The lowest BCUT2D eigenvalue weighted by atomic mass is 9.88. The average Bonchev–Trinajstić information content (AvgIpc) is 3.24. The third kappa shape index (κ3) is 4.46. The van der Waals surface area contributed by atoms with E-state index in [2.05, 4.69) is 12.2 Å². The quantitative estimate of drug-likeness (QED) is 0.305. The number of aromatic nitrogens is 1. The maximum absolute atomic E-state index is 13.7. The smallest absolute Gasteiger partial charge is 0.341 e. The number of anilines is 1. The van der Waals surface area contributed by atoms with Crippen molar-refractivity contribution < 1.29 is 19.1 Å². The first-order valence-electron chi connectivity index (χ1n) is 12.2. The van der Waals surface area contributed by atoms with Gasteiger partial charge in [0.25, 0.3) is 5.91 Å². The van der Waals surface area contributed by atoms with Gasteiger partial charge in [0.05, 0.1) is 36.1 Å². The highest BCUT2D eigenvalue weighted by Crippen LogP contribution is 2.40. The Morgan fingerprint density at radius 3 is 2.72 bits per heavy atom. The molecule has 36 heavy (non-hydrogen) atoms. The van der Waals surface area contributed by atoms with Crippen molar-refractivity contribution >= 4 is 39.1 Å². The van der Waals surface area contributed by atoms with Crippen molar-refractivity contribution in [3.63, 3.8) is 0 Å². The monoisotopic (exact) mass is 500 g/mol. The van der Waals surface area contributed by atoms with Crippen LogP contribution in [-0.2, 0) is 17.6 Å². The maximum atomic E-state index is 13.7. The molecule has 1 N–H and O–H groups in total. The van der Waals surface area contributed by atoms with Gasteiger partial charge >= 0.3 is 5.97 Å². The zero-order chi connectivity index (χ0) is 25.2. The highest BCUT2D eigenvalue weighted by atomic mass is 32.1. The summed E-state index contributed by atoms with van der Waals surface area (Å²) in [7, 11) is 1.38. The Bertz CT molecular complexity index is 1460. The Hall–Kier alpha value is -3.71. The molecule has 0 aliphatic heterocycles. The summed E-state index contributed by atoms with van der Waals surface area (Å²) >= 11 is 1.48. The van der Waals surface area contributed by atoms with Gasteiger partial charge in [0.1, 0.15) is 10.8 Å². The lowest BCUT2D eigenvalue weighted by molar-refractivity contribution is 0.0601. The van der Waals surface area contributed by atoms with Crippen LogP contribution in [0.5, 0.6) is 5.75 Å². The highest BCUT2D eigenvalue weighted by Gasteiger charge is 2.29. The fourth-order valence-corrected chi connectivity index (χ4v) is 6.18. The van der Waals surface area contributed by atoms with E-state index in [9.17, 15) is 9.59 Å². The summed E-state index contributed by atoms with van der Waals surface area (Å²) in [5.41, 5.74) is 4.14. The molecular formula is C29H28N2O4S. The number of benzene rings is 2. The molecule has 1 atom stereocenters. The van der Waals surface area contributed by atoms with Crippen molar-refractivity contribution in [3.05, 3.63) is 76.2 Å². The molecule has 1 unspecified atom stereocenters. The van der Waals surface area contributed by atoms with Gasteiger partial charge in [0.15, 0.2) is 0 Å². The number of fused-ring (bicyclic) bond motifs is 2. The summed E-state index contributed by atoms with van der Waals surface area (Å²) in [6.45, 7) is 4.67. The predicted octanol–water partition coefficient (Wildman–Crippen LogP) is 6.53. The molecule has 1 amide bonds. The minimum absolute atomic E-state index is 0.291. The van der Waals surface area contributed by atoms with E-state index in [0.29, 0.717) is 45.6 Å². The van der Waals surface area contributed by atoms with Crippen molar-refractivity contribution in [2.45, 2.75) is 33.1 Å². The molecule has 0 saturated carbocycles. The lowest BCUT2D eigenvalue weighted by Gasteiger charge is -2.18. The molecule has 0 saturated heterocycles. The average molecular weight is 501 g/mol. The number of carbonyl (C=O) groups excluding carboxylic acids is 2. The molecule has 4 aromatic rings. The molecule has 7 heteroatoms. The topological polar surface area (TPSA) is 77.5 Å². The maximum Gasteiger partial charge on any atom is 0.341 e. The van der Waals surface area contributed by atoms with Crippen LogP contribution < -0.4 is 10.1 Å². The van der Waals surface area contributed by atoms with Crippen LogP contribution in [0, 0.1) is 5.92 Å². The number of amides is 1. The van der Waals surface area contributed by atoms with Crippen molar-refractivity contribution in [2.24, 2.45) is 5.92 Å². The number of rotatable bonds is 6. The second-order valence-corrected chi connectivity index (χ2v) is 10.1. The van der Waals surface area contributed by atoms with Crippen LogP contribution in [0.4, 0.5) is 5.00 Å². The molecule has 0 fully saturated rings. The van der Waals surface area contributed by atoms with Gasteiger partial charge in [-0.1, -0.05) is 37.3 Å². The second-order valence-electron chi connectivity index (χ2n) is 9.00. The van der Waals surface area contributed by atoms with Crippen molar-refractivity contribution in [3.8, 4) is 17.0 Å². The molecule has 0 bridgehead atoms. The number of para-hydroxylation sites is 2. The molecule has 1 aliphatic carbocycles. The summed E-state index contributed by atoms with van der Waals surface area (Å²) in [5.74, 6) is 0.549. The van der Waals surface area contributed by atoms with Gasteiger partial charge in [-0.15, -0.1) is 11.3 Å². The van der Waals surface area contributed by atoms with Crippen LogP contribution in [0.25, 0.3) is 22.2 Å². The summed E-state index contributed by atoms with van der Waals surface area (Å²) in [6.07, 6.45) is 2.72. The minimum atomic E-state index is -0.414. The Morgan fingerprint density at radius 2 is 1.92 bits per heavy atom. The summed E-state index contributed by atoms with van der Waals surface area (Å²) in [6, 6.07) is 17.0. The normalized spacial score (nSPS) is 14.8. The number of esters is 1. The van der Waals surface area contributed by atoms with E-state index in [1.807, 2.05) is 55.5 Å². The van der Waals surface area contributed by atoms with Crippen molar-refractivity contribution in [1.29, 1.82) is 0 Å². The molecule has 5 rings (SSSR count). The fraction of sp³-hybridized carbons (Fsp3) is 0.276. The minimum Gasteiger partial charge on any atom is -0.493 e. The highest BCUT2D eigenvalue weighted by molar-refractivity contribution is 7.17. The van der Waals surface area contributed by atoms with Gasteiger partial charge in [-0.2, -0.15) is 0 Å². The molecule has 1 aliphatic rings. The van der Waals surface area contributed by atoms with Crippen molar-refractivity contribution in [1.82, 2.24) is 4.98 Å². The first-order valence-corrected chi connectivity index (χ1v) is 13.0. The molecule has 0 spiro atoms. The molecule has 0 radical (unpaired) electrons. The third-order valence-electron chi connectivity index (χ3n) is 6.55. The number of hydrogen-bond acceptors (Lipinski definition) is 6. The zero-order valence-corrected chi connectivity index (χ0v) is 21.4. The number of pyridine rings is 1. The number of carbonyl (C=O) groups is 2. The van der Waals surface area contributed by atoms with Gasteiger partial charge in [0, 0.05) is 15.8 Å². The summed E-state index contributed by atoms with van der Waals surface area (Å²) in [4.78, 5) is 32.4. The first-order chi connectivity index (χ1) is 17.5. The standard InChI is InChI=1S/C29H28N2O4S/c1-4-35-24-12-8-6-10-19(24)23-16-21(18-9-5-7-11-22(18)30-23)27(32)31-28-26(29(33)34-3)20-14-13-17(2)15-25(20)36-28/h5-12,16-17H,4,13-15H2,1-3H3,(H,31,32). The second kappa shape index (κ2) is 10.1. The zero-order valence-electron chi connectivity index (χ0n) is 20.6. The number of methoxy groups -OCH3 is 1. The fourth-order valence-electron chi connectivity index (χ4n) is 4.79. The van der Waals surface area contributed by atoms with E-state index in [1.165, 1.54) is 18.4 Å². The van der Waals surface area contributed by atoms with Crippen LogP contribution in [0.1, 0.15) is 51.4 Å². The number of hydrogen-bond donors (Lipinski definition) is 1.